The van der Waals surface area contributed by atoms with Crippen LogP contribution in [0.25, 0.3) is 0 Å². The minimum atomic E-state index is -0.339. The maximum absolute atomic E-state index is 12.9. The van der Waals surface area contributed by atoms with E-state index in [1.165, 1.54) is 0 Å². The van der Waals surface area contributed by atoms with Gasteiger partial charge in [-0.1, -0.05) is 51.1 Å². The summed E-state index contributed by atoms with van der Waals surface area (Å²) in [5, 5.41) is 0. The van der Waals surface area contributed by atoms with Crippen molar-refractivity contribution >= 4 is 5.78 Å². The average molecular weight is 262 g/mol. The molecule has 0 saturated heterocycles. The molecule has 1 rings (SSSR count). The first-order valence-corrected chi connectivity index (χ1v) is 7.21. The molecule has 0 bridgehead atoms. The Balaban J connectivity index is 3.02. The van der Waals surface area contributed by atoms with Gasteiger partial charge < -0.3 is 4.74 Å². The lowest BCUT2D eigenvalue weighted by atomic mass is 9.69. The Morgan fingerprint density at radius 3 is 2.26 bits per heavy atom. The quantitative estimate of drug-likeness (QED) is 0.708. The monoisotopic (exact) mass is 262 g/mol. The summed E-state index contributed by atoms with van der Waals surface area (Å²) < 4.78 is 5.10. The van der Waals surface area contributed by atoms with Gasteiger partial charge in [-0.25, -0.2) is 0 Å². The van der Waals surface area contributed by atoms with E-state index in [1.807, 2.05) is 25.1 Å². The Kier molecular flexibility index (Phi) is 6.23. The zero-order valence-corrected chi connectivity index (χ0v) is 12.6. The molecular formula is C17H26O2. The average Bonchev–Trinajstić information content (AvgIpc) is 2.47. The molecule has 2 nitrogen and oxygen atoms in total. The van der Waals surface area contributed by atoms with Gasteiger partial charge in [0.1, 0.15) is 5.78 Å². The van der Waals surface area contributed by atoms with Gasteiger partial charge in [-0.2, -0.15) is 0 Å². The van der Waals surface area contributed by atoms with Gasteiger partial charge in [0.15, 0.2) is 0 Å². The largest absolute Gasteiger partial charge is 0.385 e. The standard InChI is InChI=1S/C17H26O2/c1-5-17(6-2,15-10-8-7-9-11-15)16(18)14(3)12-13-19-4/h7-11,14H,5-6,12-13H2,1-4H3. The second-order valence-electron chi connectivity index (χ2n) is 5.20. The van der Waals surface area contributed by atoms with E-state index < -0.39 is 0 Å². The highest BCUT2D eigenvalue weighted by atomic mass is 16.5. The predicted octanol–water partition coefficient (Wildman–Crippen LogP) is 3.99. The van der Waals surface area contributed by atoms with Crippen molar-refractivity contribution < 1.29 is 9.53 Å². The van der Waals surface area contributed by atoms with Gasteiger partial charge in [-0.05, 0) is 24.8 Å². The van der Waals surface area contributed by atoms with E-state index in [1.54, 1.807) is 7.11 Å². The number of carbonyl (C=O) groups excluding carboxylic acids is 1. The Labute approximate surface area is 117 Å². The van der Waals surface area contributed by atoms with E-state index in [0.29, 0.717) is 12.4 Å². The van der Waals surface area contributed by atoms with E-state index in [2.05, 4.69) is 26.0 Å². The number of ether oxygens (including phenoxy) is 1. The summed E-state index contributed by atoms with van der Waals surface area (Å²) in [7, 11) is 1.68. The van der Waals surface area contributed by atoms with Crippen LogP contribution in [0.15, 0.2) is 30.3 Å². The third-order valence-corrected chi connectivity index (χ3v) is 4.21. The summed E-state index contributed by atoms with van der Waals surface area (Å²) in [6, 6.07) is 10.2. The SMILES string of the molecule is CCC(CC)(C(=O)C(C)CCOC)c1ccccc1. The van der Waals surface area contributed by atoms with Crippen LogP contribution < -0.4 is 0 Å². The van der Waals surface area contributed by atoms with Crippen LogP contribution in [0.4, 0.5) is 0 Å². The molecule has 19 heavy (non-hydrogen) atoms. The Morgan fingerprint density at radius 1 is 1.21 bits per heavy atom. The predicted molar refractivity (Wildman–Crippen MR) is 79.4 cm³/mol. The first-order valence-electron chi connectivity index (χ1n) is 7.21. The molecule has 0 heterocycles. The maximum Gasteiger partial charge on any atom is 0.146 e. The third kappa shape index (κ3) is 3.44. The first-order chi connectivity index (χ1) is 9.12. The molecule has 1 aromatic rings. The molecule has 0 spiro atoms. The van der Waals surface area contributed by atoms with Gasteiger partial charge in [0, 0.05) is 19.6 Å². The first kappa shape index (κ1) is 15.9. The molecule has 0 N–H and O–H groups in total. The van der Waals surface area contributed by atoms with Crippen LogP contribution in [0.3, 0.4) is 0 Å². The number of Topliss-reactive ketones (excluding diaryl/α,β-unsaturated/α-hetero) is 1. The number of hydrogen-bond acceptors (Lipinski definition) is 2. The summed E-state index contributed by atoms with van der Waals surface area (Å²) in [6.45, 7) is 6.88. The van der Waals surface area contributed by atoms with Crippen molar-refractivity contribution in [2.24, 2.45) is 5.92 Å². The molecule has 0 saturated carbocycles. The van der Waals surface area contributed by atoms with Crippen LogP contribution in [-0.4, -0.2) is 19.5 Å². The van der Waals surface area contributed by atoms with E-state index in [4.69, 9.17) is 4.74 Å². The van der Waals surface area contributed by atoms with Gasteiger partial charge in [0.05, 0.1) is 5.41 Å². The molecule has 1 aromatic carbocycles. The van der Waals surface area contributed by atoms with Crippen LogP contribution in [0.1, 0.15) is 45.6 Å². The van der Waals surface area contributed by atoms with Crippen molar-refractivity contribution in [2.45, 2.75) is 45.4 Å². The van der Waals surface area contributed by atoms with Crippen molar-refractivity contribution in [3.63, 3.8) is 0 Å². The lowest BCUT2D eigenvalue weighted by Crippen LogP contribution is -2.38. The Hall–Kier alpha value is -1.15. The zero-order chi connectivity index (χ0) is 14.3. The van der Waals surface area contributed by atoms with Gasteiger partial charge in [-0.15, -0.1) is 0 Å². The van der Waals surface area contributed by atoms with Crippen molar-refractivity contribution in [1.29, 1.82) is 0 Å². The lowest BCUT2D eigenvalue weighted by Gasteiger charge is -2.33. The number of ketones is 1. The van der Waals surface area contributed by atoms with Crippen molar-refractivity contribution in [3.8, 4) is 0 Å². The summed E-state index contributed by atoms with van der Waals surface area (Å²) in [4.78, 5) is 12.9. The van der Waals surface area contributed by atoms with Crippen molar-refractivity contribution in [3.05, 3.63) is 35.9 Å². The fourth-order valence-electron chi connectivity index (χ4n) is 2.80. The molecule has 2 heteroatoms. The summed E-state index contributed by atoms with van der Waals surface area (Å²) in [5.74, 6) is 0.390. The second-order valence-corrected chi connectivity index (χ2v) is 5.20. The number of hydrogen-bond donors (Lipinski definition) is 0. The zero-order valence-electron chi connectivity index (χ0n) is 12.6. The number of methoxy groups -OCH3 is 1. The van der Waals surface area contributed by atoms with E-state index in [9.17, 15) is 4.79 Å². The second kappa shape index (κ2) is 7.44. The van der Waals surface area contributed by atoms with Crippen LogP contribution in [0.5, 0.6) is 0 Å². The number of benzene rings is 1. The normalized spacial score (nSPS) is 13.3. The van der Waals surface area contributed by atoms with Crippen LogP contribution in [0, 0.1) is 5.92 Å². The smallest absolute Gasteiger partial charge is 0.146 e. The highest BCUT2D eigenvalue weighted by Crippen LogP contribution is 2.35. The van der Waals surface area contributed by atoms with Crippen LogP contribution in [0.2, 0.25) is 0 Å². The molecule has 1 unspecified atom stereocenters. The van der Waals surface area contributed by atoms with E-state index >= 15 is 0 Å². The fraction of sp³-hybridized carbons (Fsp3) is 0.588. The molecule has 0 aliphatic carbocycles. The summed E-state index contributed by atoms with van der Waals surface area (Å²) >= 11 is 0. The molecule has 0 aromatic heterocycles. The van der Waals surface area contributed by atoms with Crippen LogP contribution >= 0.6 is 0 Å². The third-order valence-electron chi connectivity index (χ3n) is 4.21. The topological polar surface area (TPSA) is 26.3 Å². The van der Waals surface area contributed by atoms with Crippen molar-refractivity contribution in [2.75, 3.05) is 13.7 Å². The Bertz CT molecular complexity index is 380. The summed E-state index contributed by atoms with van der Waals surface area (Å²) in [5.41, 5.74) is 0.809. The van der Waals surface area contributed by atoms with Crippen LogP contribution in [-0.2, 0) is 14.9 Å². The minimum absolute atomic E-state index is 0.0417. The van der Waals surface area contributed by atoms with E-state index in [-0.39, 0.29) is 11.3 Å². The molecule has 0 aliphatic heterocycles. The van der Waals surface area contributed by atoms with E-state index in [0.717, 1.165) is 24.8 Å². The highest BCUT2D eigenvalue weighted by Gasteiger charge is 2.38. The number of carbonyl (C=O) groups is 1. The molecule has 1 atom stereocenters. The molecule has 0 aliphatic rings. The van der Waals surface area contributed by atoms with Gasteiger partial charge in [0.2, 0.25) is 0 Å². The molecule has 0 radical (unpaired) electrons. The fourth-order valence-corrected chi connectivity index (χ4v) is 2.80. The minimum Gasteiger partial charge on any atom is -0.385 e. The Morgan fingerprint density at radius 2 is 1.79 bits per heavy atom. The van der Waals surface area contributed by atoms with Crippen molar-refractivity contribution in [1.82, 2.24) is 0 Å². The number of rotatable bonds is 8. The van der Waals surface area contributed by atoms with Gasteiger partial charge in [-0.3, -0.25) is 4.79 Å². The maximum atomic E-state index is 12.9. The lowest BCUT2D eigenvalue weighted by molar-refractivity contribution is -0.129. The molecular weight excluding hydrogens is 236 g/mol. The van der Waals surface area contributed by atoms with Gasteiger partial charge in [0.25, 0.3) is 0 Å². The van der Waals surface area contributed by atoms with Gasteiger partial charge >= 0.3 is 0 Å². The summed E-state index contributed by atoms with van der Waals surface area (Å²) in [6.07, 6.45) is 2.50. The molecule has 0 fully saturated rings. The molecule has 0 amide bonds. The molecule has 106 valence electrons. The highest BCUT2D eigenvalue weighted by molar-refractivity contribution is 5.91.